The Morgan fingerprint density at radius 3 is 2.35 bits per heavy atom. The van der Waals surface area contributed by atoms with Crippen LogP contribution in [0.2, 0.25) is 0 Å². The van der Waals surface area contributed by atoms with Gasteiger partial charge >= 0.3 is 0 Å². The highest BCUT2D eigenvalue weighted by molar-refractivity contribution is 9.10. The maximum absolute atomic E-state index is 11.9. The van der Waals surface area contributed by atoms with Gasteiger partial charge in [0.1, 0.15) is 5.78 Å². The van der Waals surface area contributed by atoms with Gasteiger partial charge in [-0.05, 0) is 39.7 Å². The highest BCUT2D eigenvalue weighted by Gasteiger charge is 2.07. The molecule has 1 nitrogen and oxygen atoms in total. The second-order valence-electron chi connectivity index (χ2n) is 3.75. The fourth-order valence-electron chi connectivity index (χ4n) is 1.53. The van der Waals surface area contributed by atoms with Crippen molar-refractivity contribution < 1.29 is 4.79 Å². The minimum absolute atomic E-state index is 0.252. The van der Waals surface area contributed by atoms with Gasteiger partial charge in [0.05, 0.1) is 0 Å². The van der Waals surface area contributed by atoms with Crippen LogP contribution in [0, 0.1) is 0 Å². The molecular weight excluding hydrogens is 364 g/mol. The topological polar surface area (TPSA) is 17.1 Å². The first-order valence-corrected chi connectivity index (χ1v) is 7.59. The standard InChI is InChI=1S/C13H10Br2OS/c14-10-3-1-9(2-4-10)5-12(16)7-13-6-11(15)8-17-13/h1-4,6,8H,5,7H2. The molecule has 0 amide bonds. The molecule has 0 atom stereocenters. The molecular formula is C13H10Br2OS. The average molecular weight is 374 g/mol. The van der Waals surface area contributed by atoms with E-state index in [4.69, 9.17) is 0 Å². The van der Waals surface area contributed by atoms with Gasteiger partial charge in [0, 0.05) is 32.0 Å². The lowest BCUT2D eigenvalue weighted by molar-refractivity contribution is -0.117. The monoisotopic (exact) mass is 372 g/mol. The summed E-state index contributed by atoms with van der Waals surface area (Å²) in [4.78, 5) is 13.0. The number of carbonyl (C=O) groups excluding carboxylic acids is 1. The van der Waals surface area contributed by atoms with Crippen LogP contribution >= 0.6 is 43.2 Å². The third kappa shape index (κ3) is 4.05. The Kier molecular flexibility index (Phi) is 4.54. The van der Waals surface area contributed by atoms with Crippen molar-refractivity contribution in [3.8, 4) is 0 Å². The molecule has 0 aliphatic carbocycles. The van der Waals surface area contributed by atoms with Crippen LogP contribution in [0.25, 0.3) is 0 Å². The van der Waals surface area contributed by atoms with Crippen molar-refractivity contribution in [1.82, 2.24) is 0 Å². The highest BCUT2D eigenvalue weighted by atomic mass is 79.9. The van der Waals surface area contributed by atoms with Gasteiger partial charge in [-0.25, -0.2) is 0 Å². The molecule has 0 saturated carbocycles. The van der Waals surface area contributed by atoms with Crippen molar-refractivity contribution in [2.45, 2.75) is 12.8 Å². The molecule has 0 N–H and O–H groups in total. The predicted molar refractivity (Wildman–Crippen MR) is 78.6 cm³/mol. The van der Waals surface area contributed by atoms with E-state index in [-0.39, 0.29) is 5.78 Å². The third-order valence-corrected chi connectivity index (χ3v) is 4.53. The van der Waals surface area contributed by atoms with Gasteiger partial charge in [-0.3, -0.25) is 4.79 Å². The summed E-state index contributed by atoms with van der Waals surface area (Å²) in [5, 5.41) is 2.00. The van der Waals surface area contributed by atoms with Gasteiger partial charge in [-0.2, -0.15) is 0 Å². The van der Waals surface area contributed by atoms with Crippen LogP contribution in [0.4, 0.5) is 0 Å². The van der Waals surface area contributed by atoms with Crippen molar-refractivity contribution in [1.29, 1.82) is 0 Å². The summed E-state index contributed by atoms with van der Waals surface area (Å²) < 4.78 is 2.09. The van der Waals surface area contributed by atoms with E-state index < -0.39 is 0 Å². The Labute approximate surface area is 121 Å². The van der Waals surface area contributed by atoms with Crippen molar-refractivity contribution in [2.24, 2.45) is 0 Å². The van der Waals surface area contributed by atoms with Crippen LogP contribution in [0.3, 0.4) is 0 Å². The molecule has 0 bridgehead atoms. The lowest BCUT2D eigenvalue weighted by Gasteiger charge is -2.00. The molecule has 0 saturated heterocycles. The maximum Gasteiger partial charge on any atom is 0.142 e. The lowest BCUT2D eigenvalue weighted by atomic mass is 10.1. The quantitative estimate of drug-likeness (QED) is 0.763. The molecule has 0 aliphatic heterocycles. The molecule has 0 spiro atoms. The van der Waals surface area contributed by atoms with E-state index in [1.807, 2.05) is 35.7 Å². The molecule has 2 rings (SSSR count). The number of Topliss-reactive ketones (excluding diaryl/α,β-unsaturated/α-hetero) is 1. The minimum atomic E-state index is 0.252. The summed E-state index contributed by atoms with van der Waals surface area (Å²) in [6.45, 7) is 0. The van der Waals surface area contributed by atoms with Gasteiger partial charge < -0.3 is 0 Å². The zero-order valence-corrected chi connectivity index (χ0v) is 12.9. The molecule has 1 aromatic heterocycles. The molecule has 2 aromatic rings. The average Bonchev–Trinajstić information content (AvgIpc) is 2.67. The zero-order valence-electron chi connectivity index (χ0n) is 8.95. The van der Waals surface area contributed by atoms with Crippen LogP contribution < -0.4 is 0 Å². The lowest BCUT2D eigenvalue weighted by Crippen LogP contribution is -2.05. The molecule has 1 aromatic carbocycles. The molecule has 17 heavy (non-hydrogen) atoms. The Hall–Kier alpha value is -0.450. The van der Waals surface area contributed by atoms with E-state index in [1.54, 1.807) is 11.3 Å². The van der Waals surface area contributed by atoms with E-state index in [0.717, 1.165) is 19.4 Å². The first kappa shape index (κ1) is 13.0. The van der Waals surface area contributed by atoms with Gasteiger partial charge in [0.15, 0.2) is 0 Å². The smallest absolute Gasteiger partial charge is 0.142 e. The summed E-state index contributed by atoms with van der Waals surface area (Å²) in [7, 11) is 0. The van der Waals surface area contributed by atoms with Crippen LogP contribution in [-0.4, -0.2) is 5.78 Å². The number of ketones is 1. The molecule has 1 heterocycles. The molecule has 0 unspecified atom stereocenters. The normalized spacial score (nSPS) is 10.5. The SMILES string of the molecule is O=C(Cc1ccc(Br)cc1)Cc1cc(Br)cs1. The summed E-state index contributed by atoms with van der Waals surface area (Å²) in [6.07, 6.45) is 1.02. The Balaban J connectivity index is 1.95. The van der Waals surface area contributed by atoms with E-state index in [9.17, 15) is 4.79 Å². The Morgan fingerprint density at radius 2 is 1.76 bits per heavy atom. The number of rotatable bonds is 4. The van der Waals surface area contributed by atoms with Crippen molar-refractivity contribution in [2.75, 3.05) is 0 Å². The number of hydrogen-bond donors (Lipinski definition) is 0. The fraction of sp³-hybridized carbons (Fsp3) is 0.154. The van der Waals surface area contributed by atoms with Crippen molar-refractivity contribution in [3.05, 3.63) is 55.1 Å². The van der Waals surface area contributed by atoms with Crippen molar-refractivity contribution >= 4 is 49.0 Å². The van der Waals surface area contributed by atoms with Crippen molar-refractivity contribution in [3.63, 3.8) is 0 Å². The van der Waals surface area contributed by atoms with Gasteiger partial charge in [-0.1, -0.05) is 28.1 Å². The van der Waals surface area contributed by atoms with Gasteiger partial charge in [0.25, 0.3) is 0 Å². The zero-order chi connectivity index (χ0) is 12.3. The second-order valence-corrected chi connectivity index (χ2v) is 6.58. The molecule has 0 aliphatic rings. The highest BCUT2D eigenvalue weighted by Crippen LogP contribution is 2.20. The molecule has 0 fully saturated rings. The Morgan fingerprint density at radius 1 is 1.06 bits per heavy atom. The van der Waals surface area contributed by atoms with Crippen LogP contribution in [0.1, 0.15) is 10.4 Å². The number of carbonyl (C=O) groups is 1. The molecule has 4 heteroatoms. The largest absolute Gasteiger partial charge is 0.299 e. The van der Waals surface area contributed by atoms with Crippen LogP contribution in [0.15, 0.2) is 44.7 Å². The minimum Gasteiger partial charge on any atom is -0.299 e. The van der Waals surface area contributed by atoms with E-state index in [0.29, 0.717) is 12.8 Å². The fourth-order valence-corrected chi connectivity index (χ4v) is 3.28. The summed E-state index contributed by atoms with van der Waals surface area (Å²) in [5.41, 5.74) is 1.06. The van der Waals surface area contributed by atoms with Gasteiger partial charge in [0.2, 0.25) is 0 Å². The van der Waals surface area contributed by atoms with Gasteiger partial charge in [-0.15, -0.1) is 11.3 Å². The number of benzene rings is 1. The summed E-state index contributed by atoms with van der Waals surface area (Å²) in [5.74, 6) is 0.252. The van der Waals surface area contributed by atoms with E-state index in [1.165, 1.54) is 0 Å². The van der Waals surface area contributed by atoms with Crippen LogP contribution in [0.5, 0.6) is 0 Å². The number of halogens is 2. The van der Waals surface area contributed by atoms with E-state index >= 15 is 0 Å². The van der Waals surface area contributed by atoms with E-state index in [2.05, 4.69) is 31.9 Å². The number of hydrogen-bond acceptors (Lipinski definition) is 2. The number of thiophene rings is 1. The third-order valence-electron chi connectivity index (χ3n) is 2.31. The predicted octanol–water partition coefficient (Wildman–Crippen LogP) is 4.63. The second kappa shape index (κ2) is 5.94. The summed E-state index contributed by atoms with van der Waals surface area (Å²) in [6, 6.07) is 9.89. The summed E-state index contributed by atoms with van der Waals surface area (Å²) >= 11 is 8.39. The van der Waals surface area contributed by atoms with Crippen LogP contribution in [-0.2, 0) is 17.6 Å². The molecule has 0 radical (unpaired) electrons. The first-order chi connectivity index (χ1) is 8.13. The maximum atomic E-state index is 11.9. The first-order valence-electron chi connectivity index (χ1n) is 5.12. The molecule has 88 valence electrons. The Bertz CT molecular complexity index is 516.